The second-order valence-electron chi connectivity index (χ2n) is 3.65. The highest BCUT2D eigenvalue weighted by Crippen LogP contribution is 2.32. The summed E-state index contributed by atoms with van der Waals surface area (Å²) in [6.07, 6.45) is -0.347. The molecule has 1 aliphatic heterocycles. The van der Waals surface area contributed by atoms with Gasteiger partial charge >= 0.3 is 0 Å². The Hall–Kier alpha value is -1.43. The second kappa shape index (κ2) is 3.86. The van der Waals surface area contributed by atoms with E-state index < -0.39 is 9.84 Å². The van der Waals surface area contributed by atoms with E-state index in [1.54, 1.807) is 6.07 Å². The lowest BCUT2D eigenvalue weighted by molar-refractivity contribution is 0.218. The monoisotopic (exact) mass is 244 g/mol. The second-order valence-corrected chi connectivity index (χ2v) is 5.81. The normalized spacial score (nSPS) is 18.8. The number of benzene rings is 1. The van der Waals surface area contributed by atoms with E-state index in [4.69, 9.17) is 9.47 Å². The molecule has 0 saturated carbocycles. The van der Waals surface area contributed by atoms with Crippen LogP contribution in [0.25, 0.3) is 0 Å². The number of hydrogen-bond donors (Lipinski definition) is 1. The molecule has 0 aromatic heterocycles. The molecule has 0 bridgehead atoms. The Bertz CT molecular complexity index is 482. The van der Waals surface area contributed by atoms with Gasteiger partial charge in [0.1, 0.15) is 11.9 Å². The highest BCUT2D eigenvalue weighted by Gasteiger charge is 2.35. The number of ether oxygens (including phenoxy) is 2. The van der Waals surface area contributed by atoms with Gasteiger partial charge in [-0.3, -0.25) is 0 Å². The van der Waals surface area contributed by atoms with Gasteiger partial charge < -0.3 is 14.6 Å². The van der Waals surface area contributed by atoms with E-state index >= 15 is 0 Å². The fourth-order valence-corrected chi connectivity index (χ4v) is 2.69. The van der Waals surface area contributed by atoms with Crippen LogP contribution in [0.1, 0.15) is 0 Å². The lowest BCUT2D eigenvalue weighted by Gasteiger charge is -2.27. The van der Waals surface area contributed by atoms with Crippen molar-refractivity contribution >= 4 is 9.84 Å². The van der Waals surface area contributed by atoms with Crippen LogP contribution in [0.2, 0.25) is 0 Å². The van der Waals surface area contributed by atoms with Crippen molar-refractivity contribution < 1.29 is 23.0 Å². The summed E-state index contributed by atoms with van der Waals surface area (Å²) in [5, 5.41) is 9.29. The molecular formula is C10H12O5S. The Morgan fingerprint density at radius 3 is 2.56 bits per heavy atom. The van der Waals surface area contributed by atoms with E-state index in [0.29, 0.717) is 11.5 Å². The molecule has 1 aliphatic rings. The van der Waals surface area contributed by atoms with Crippen molar-refractivity contribution in [1.29, 1.82) is 0 Å². The fourth-order valence-electron chi connectivity index (χ4n) is 1.52. The van der Waals surface area contributed by atoms with Crippen molar-refractivity contribution in [2.45, 2.75) is 6.10 Å². The molecule has 1 aromatic carbocycles. The summed E-state index contributed by atoms with van der Waals surface area (Å²) in [6.45, 7) is 0. The number of rotatable bonds is 3. The third kappa shape index (κ3) is 2.21. The van der Waals surface area contributed by atoms with Gasteiger partial charge in [-0.15, -0.1) is 0 Å². The number of hydrogen-bond acceptors (Lipinski definition) is 5. The molecule has 1 heterocycles. The third-order valence-electron chi connectivity index (χ3n) is 2.32. The van der Waals surface area contributed by atoms with Crippen LogP contribution in [-0.2, 0) is 9.84 Å². The van der Waals surface area contributed by atoms with Crippen LogP contribution >= 0.6 is 0 Å². The largest absolute Gasteiger partial charge is 0.508 e. The topological polar surface area (TPSA) is 72.8 Å². The molecule has 6 heteroatoms. The van der Waals surface area contributed by atoms with Crippen LogP contribution in [0.3, 0.4) is 0 Å². The number of phenols is 1. The first-order chi connectivity index (χ1) is 7.50. The maximum absolute atomic E-state index is 10.9. The van der Waals surface area contributed by atoms with Gasteiger partial charge in [0.15, 0.2) is 21.3 Å². The van der Waals surface area contributed by atoms with Crippen molar-refractivity contribution in [3.8, 4) is 17.2 Å². The molecule has 0 unspecified atom stereocenters. The molecular weight excluding hydrogens is 232 g/mol. The predicted molar refractivity (Wildman–Crippen MR) is 57.7 cm³/mol. The number of phenolic OH excluding ortho intramolecular Hbond substituents is 1. The first-order valence-electron chi connectivity index (χ1n) is 4.74. The summed E-state index contributed by atoms with van der Waals surface area (Å²) in [7, 11) is -1.43. The zero-order valence-corrected chi connectivity index (χ0v) is 9.53. The summed E-state index contributed by atoms with van der Waals surface area (Å²) in [5.41, 5.74) is 0. The molecule has 1 aromatic rings. The van der Waals surface area contributed by atoms with Crippen molar-refractivity contribution in [1.82, 2.24) is 0 Å². The average Bonchev–Trinajstić information content (AvgIpc) is 2.15. The lowest BCUT2D eigenvalue weighted by atomic mass is 10.3. The van der Waals surface area contributed by atoms with Gasteiger partial charge in [0.05, 0.1) is 18.6 Å². The maximum atomic E-state index is 10.9. The fraction of sp³-hybridized carbons (Fsp3) is 0.400. The summed E-state index contributed by atoms with van der Waals surface area (Å²) in [4.78, 5) is 0. The lowest BCUT2D eigenvalue weighted by Crippen LogP contribution is -2.45. The maximum Gasteiger partial charge on any atom is 0.165 e. The van der Waals surface area contributed by atoms with Gasteiger partial charge in [0.25, 0.3) is 0 Å². The minimum absolute atomic E-state index is 0.0197. The van der Waals surface area contributed by atoms with Gasteiger partial charge in [-0.1, -0.05) is 0 Å². The molecule has 1 fully saturated rings. The zero-order valence-electron chi connectivity index (χ0n) is 8.71. The highest BCUT2D eigenvalue weighted by molar-refractivity contribution is 7.92. The van der Waals surface area contributed by atoms with Gasteiger partial charge in [0, 0.05) is 6.07 Å². The molecule has 1 saturated heterocycles. The predicted octanol–water partition coefficient (Wildman–Crippen LogP) is 0.577. The van der Waals surface area contributed by atoms with Crippen LogP contribution in [-0.4, -0.2) is 38.2 Å². The molecule has 0 spiro atoms. The summed E-state index contributed by atoms with van der Waals surface area (Å²) in [5.74, 6) is 0.930. The van der Waals surface area contributed by atoms with E-state index in [1.807, 2.05) is 0 Å². The van der Waals surface area contributed by atoms with E-state index in [9.17, 15) is 13.5 Å². The van der Waals surface area contributed by atoms with Crippen LogP contribution in [0.5, 0.6) is 17.2 Å². The molecule has 16 heavy (non-hydrogen) atoms. The molecule has 0 amide bonds. The minimum Gasteiger partial charge on any atom is -0.508 e. The van der Waals surface area contributed by atoms with Crippen molar-refractivity contribution in [2.75, 3.05) is 18.6 Å². The zero-order chi connectivity index (χ0) is 11.8. The Kier molecular flexibility index (Phi) is 2.67. The van der Waals surface area contributed by atoms with Crippen LogP contribution in [0.15, 0.2) is 18.2 Å². The quantitative estimate of drug-likeness (QED) is 0.841. The van der Waals surface area contributed by atoms with E-state index in [2.05, 4.69) is 0 Å². The van der Waals surface area contributed by atoms with Gasteiger partial charge in [0.2, 0.25) is 0 Å². The summed E-state index contributed by atoms with van der Waals surface area (Å²) < 4.78 is 32.4. The minimum atomic E-state index is -2.91. The third-order valence-corrected chi connectivity index (χ3v) is 4.08. The standard InChI is InChI=1S/C10H12O5S/c1-14-9-3-2-7(11)4-10(9)15-8-5-16(12,13)6-8/h2-4,8,11H,5-6H2,1H3. The molecule has 0 atom stereocenters. The number of methoxy groups -OCH3 is 1. The van der Waals surface area contributed by atoms with Gasteiger partial charge in [-0.2, -0.15) is 0 Å². The molecule has 5 nitrogen and oxygen atoms in total. The number of aromatic hydroxyl groups is 1. The van der Waals surface area contributed by atoms with Crippen molar-refractivity contribution in [3.63, 3.8) is 0 Å². The summed E-state index contributed by atoms with van der Waals surface area (Å²) in [6, 6.07) is 4.45. The smallest absolute Gasteiger partial charge is 0.165 e. The molecule has 0 radical (unpaired) electrons. The van der Waals surface area contributed by atoms with Gasteiger partial charge in [-0.05, 0) is 12.1 Å². The molecule has 2 rings (SSSR count). The van der Waals surface area contributed by atoms with E-state index in [0.717, 1.165) is 0 Å². The van der Waals surface area contributed by atoms with E-state index in [1.165, 1.54) is 19.2 Å². The molecule has 0 aliphatic carbocycles. The van der Waals surface area contributed by atoms with Gasteiger partial charge in [-0.25, -0.2) is 8.42 Å². The van der Waals surface area contributed by atoms with Crippen LogP contribution in [0.4, 0.5) is 0 Å². The summed E-state index contributed by atoms with van der Waals surface area (Å²) >= 11 is 0. The van der Waals surface area contributed by atoms with Crippen molar-refractivity contribution in [3.05, 3.63) is 18.2 Å². The van der Waals surface area contributed by atoms with E-state index in [-0.39, 0.29) is 23.4 Å². The Morgan fingerprint density at radius 1 is 1.31 bits per heavy atom. The Morgan fingerprint density at radius 2 is 2.00 bits per heavy atom. The van der Waals surface area contributed by atoms with Crippen LogP contribution in [0, 0.1) is 0 Å². The highest BCUT2D eigenvalue weighted by atomic mass is 32.2. The first kappa shape index (κ1) is 11.1. The SMILES string of the molecule is COc1ccc(O)cc1OC1CS(=O)(=O)C1. The Labute approximate surface area is 93.5 Å². The van der Waals surface area contributed by atoms with Crippen molar-refractivity contribution in [2.24, 2.45) is 0 Å². The average molecular weight is 244 g/mol. The first-order valence-corrected chi connectivity index (χ1v) is 6.56. The molecule has 1 N–H and O–H groups in total. The number of sulfone groups is 1. The molecule has 88 valence electrons. The Balaban J connectivity index is 2.12. The van der Waals surface area contributed by atoms with Crippen LogP contribution < -0.4 is 9.47 Å².